The smallest absolute Gasteiger partial charge is 0.191 e. The number of alkyl halides is 1. The van der Waals surface area contributed by atoms with Crippen molar-refractivity contribution in [2.75, 3.05) is 13.6 Å². The molecule has 1 atom stereocenters. The fourth-order valence-electron chi connectivity index (χ4n) is 1.18. The molecule has 2 nitrogen and oxygen atoms in total. The molecule has 1 saturated heterocycles. The molecule has 58 valence electrons. The Labute approximate surface area is 60.5 Å². The van der Waals surface area contributed by atoms with Crippen LogP contribution >= 0.6 is 0 Å². The minimum absolute atomic E-state index is 0.236. The van der Waals surface area contributed by atoms with Crippen LogP contribution in [0.5, 0.6) is 0 Å². The topological polar surface area (TPSA) is 27.1 Å². The van der Waals surface area contributed by atoms with Gasteiger partial charge in [-0.1, -0.05) is 0 Å². The number of likely N-dealkylation sites (tertiary alicyclic amines) is 1. The molecular formula is C7H13FN2. The third-order valence-corrected chi connectivity index (χ3v) is 1.88. The minimum atomic E-state index is -1.12. The molecule has 1 aliphatic heterocycles. The quantitative estimate of drug-likeness (QED) is 0.511. The Morgan fingerprint density at radius 1 is 1.60 bits per heavy atom. The number of hydrogen-bond acceptors (Lipinski definition) is 2. The third kappa shape index (κ3) is 1.53. The Bertz CT molecular complexity index is 136. The van der Waals surface area contributed by atoms with Gasteiger partial charge >= 0.3 is 0 Å². The van der Waals surface area contributed by atoms with Crippen molar-refractivity contribution in [2.45, 2.75) is 25.6 Å². The average molecular weight is 144 g/mol. The number of nitrogens with zero attached hydrogens (tertiary/aromatic N) is 1. The minimum Gasteiger partial charge on any atom is -0.305 e. The van der Waals surface area contributed by atoms with Crippen molar-refractivity contribution in [1.29, 1.82) is 5.41 Å². The maximum atomic E-state index is 12.9. The number of hydrogen-bond donors (Lipinski definition) is 1. The van der Waals surface area contributed by atoms with Gasteiger partial charge in [0.2, 0.25) is 0 Å². The van der Waals surface area contributed by atoms with E-state index in [4.69, 9.17) is 5.41 Å². The Kier molecular flexibility index (Phi) is 2.38. The van der Waals surface area contributed by atoms with Gasteiger partial charge in [-0.15, -0.1) is 0 Å². The van der Waals surface area contributed by atoms with Crippen molar-refractivity contribution in [2.24, 2.45) is 0 Å². The fourth-order valence-corrected chi connectivity index (χ4v) is 1.18. The maximum Gasteiger partial charge on any atom is 0.191 e. The summed E-state index contributed by atoms with van der Waals surface area (Å²) < 4.78 is 12.9. The SMILES string of the molecule is CN1CCCCC(=N)C1F. The van der Waals surface area contributed by atoms with Crippen molar-refractivity contribution in [3.63, 3.8) is 0 Å². The van der Waals surface area contributed by atoms with Crippen molar-refractivity contribution >= 4 is 5.71 Å². The van der Waals surface area contributed by atoms with Gasteiger partial charge in [0.05, 0.1) is 5.71 Å². The lowest BCUT2D eigenvalue weighted by Gasteiger charge is -2.17. The third-order valence-electron chi connectivity index (χ3n) is 1.88. The molecule has 0 bridgehead atoms. The molecule has 1 N–H and O–H groups in total. The second-order valence-corrected chi connectivity index (χ2v) is 2.80. The highest BCUT2D eigenvalue weighted by Gasteiger charge is 2.20. The number of halogens is 1. The molecule has 0 saturated carbocycles. The van der Waals surface area contributed by atoms with Crippen LogP contribution in [0.15, 0.2) is 0 Å². The van der Waals surface area contributed by atoms with Gasteiger partial charge in [-0.2, -0.15) is 0 Å². The standard InChI is InChI=1S/C7H13FN2/c1-10-5-3-2-4-6(9)7(10)8/h7,9H,2-5H2,1H3. The van der Waals surface area contributed by atoms with E-state index < -0.39 is 6.30 Å². The zero-order valence-electron chi connectivity index (χ0n) is 6.23. The van der Waals surface area contributed by atoms with Crippen LogP contribution in [0.4, 0.5) is 4.39 Å². The molecule has 1 aliphatic rings. The summed E-state index contributed by atoms with van der Waals surface area (Å²) >= 11 is 0. The largest absolute Gasteiger partial charge is 0.305 e. The molecule has 0 amide bonds. The lowest BCUT2D eigenvalue weighted by atomic mass is 10.2. The van der Waals surface area contributed by atoms with Crippen LogP contribution in [-0.2, 0) is 0 Å². The van der Waals surface area contributed by atoms with Gasteiger partial charge in [-0.3, -0.25) is 4.90 Å². The average Bonchev–Trinajstić information content (AvgIpc) is 2.04. The van der Waals surface area contributed by atoms with Gasteiger partial charge in [0.1, 0.15) is 0 Å². The summed E-state index contributed by atoms with van der Waals surface area (Å²) in [6, 6.07) is 0. The van der Waals surface area contributed by atoms with Crippen molar-refractivity contribution in [3.8, 4) is 0 Å². The summed E-state index contributed by atoms with van der Waals surface area (Å²) in [6.07, 6.45) is 1.48. The molecule has 1 fully saturated rings. The first-order valence-corrected chi connectivity index (χ1v) is 3.63. The van der Waals surface area contributed by atoms with Gasteiger partial charge in [0.25, 0.3) is 0 Å². The first-order chi connectivity index (χ1) is 4.72. The van der Waals surface area contributed by atoms with Crippen LogP contribution in [0, 0.1) is 5.41 Å². The van der Waals surface area contributed by atoms with Crippen LogP contribution in [-0.4, -0.2) is 30.5 Å². The van der Waals surface area contributed by atoms with Crippen molar-refractivity contribution < 1.29 is 4.39 Å². The predicted octanol–water partition coefficient (Wildman–Crippen LogP) is 1.42. The van der Waals surface area contributed by atoms with Crippen LogP contribution in [0.25, 0.3) is 0 Å². The van der Waals surface area contributed by atoms with E-state index in [1.165, 1.54) is 0 Å². The highest BCUT2D eigenvalue weighted by atomic mass is 19.1. The first kappa shape index (κ1) is 7.66. The molecular weight excluding hydrogens is 131 g/mol. The summed E-state index contributed by atoms with van der Waals surface area (Å²) in [5, 5.41) is 7.25. The normalized spacial score (nSPS) is 30.2. The van der Waals surface area contributed by atoms with E-state index >= 15 is 0 Å². The van der Waals surface area contributed by atoms with Crippen LogP contribution in [0.3, 0.4) is 0 Å². The molecule has 0 radical (unpaired) electrons. The van der Waals surface area contributed by atoms with E-state index in [2.05, 4.69) is 0 Å². The Morgan fingerprint density at radius 3 is 3.00 bits per heavy atom. The lowest BCUT2D eigenvalue weighted by molar-refractivity contribution is 0.174. The van der Waals surface area contributed by atoms with Crippen molar-refractivity contribution in [1.82, 2.24) is 4.90 Å². The molecule has 0 aliphatic carbocycles. The van der Waals surface area contributed by atoms with Gasteiger partial charge in [-0.05, 0) is 26.3 Å². The summed E-state index contributed by atoms with van der Waals surface area (Å²) in [5.74, 6) is 0. The molecule has 0 aromatic heterocycles. The lowest BCUT2D eigenvalue weighted by Crippen LogP contribution is -2.32. The van der Waals surface area contributed by atoms with Gasteiger partial charge in [-0.25, -0.2) is 4.39 Å². The van der Waals surface area contributed by atoms with Crippen LogP contribution < -0.4 is 0 Å². The summed E-state index contributed by atoms with van der Waals surface area (Å²) in [6.45, 7) is 0.781. The Balaban J connectivity index is 2.55. The maximum absolute atomic E-state index is 12.9. The van der Waals surface area contributed by atoms with E-state index in [0.29, 0.717) is 6.42 Å². The number of nitrogens with one attached hydrogen (secondary N) is 1. The highest BCUT2D eigenvalue weighted by Crippen LogP contribution is 2.12. The second kappa shape index (κ2) is 3.10. The molecule has 1 unspecified atom stereocenters. The molecule has 10 heavy (non-hydrogen) atoms. The predicted molar refractivity (Wildman–Crippen MR) is 39.1 cm³/mol. The summed E-state index contributed by atoms with van der Waals surface area (Å²) in [7, 11) is 1.73. The van der Waals surface area contributed by atoms with E-state index in [9.17, 15) is 4.39 Å². The monoisotopic (exact) mass is 144 g/mol. The molecule has 3 heteroatoms. The van der Waals surface area contributed by atoms with Gasteiger partial charge < -0.3 is 5.41 Å². The molecule has 0 aromatic rings. The summed E-state index contributed by atoms with van der Waals surface area (Å²) in [5.41, 5.74) is 0.236. The van der Waals surface area contributed by atoms with E-state index in [0.717, 1.165) is 19.4 Å². The molecule has 0 spiro atoms. The van der Waals surface area contributed by atoms with E-state index in [1.54, 1.807) is 11.9 Å². The van der Waals surface area contributed by atoms with E-state index in [-0.39, 0.29) is 5.71 Å². The fraction of sp³-hybridized carbons (Fsp3) is 0.857. The van der Waals surface area contributed by atoms with Gasteiger partial charge in [0.15, 0.2) is 6.30 Å². The zero-order chi connectivity index (χ0) is 7.56. The zero-order valence-corrected chi connectivity index (χ0v) is 6.23. The van der Waals surface area contributed by atoms with Gasteiger partial charge in [0, 0.05) is 6.54 Å². The van der Waals surface area contributed by atoms with Crippen LogP contribution in [0.2, 0.25) is 0 Å². The van der Waals surface area contributed by atoms with Crippen LogP contribution in [0.1, 0.15) is 19.3 Å². The van der Waals surface area contributed by atoms with E-state index in [1.807, 2.05) is 0 Å². The molecule has 1 heterocycles. The highest BCUT2D eigenvalue weighted by molar-refractivity contribution is 5.85. The molecule has 1 rings (SSSR count). The Morgan fingerprint density at radius 2 is 2.30 bits per heavy atom. The number of rotatable bonds is 0. The Hall–Kier alpha value is -0.440. The van der Waals surface area contributed by atoms with Crippen molar-refractivity contribution in [3.05, 3.63) is 0 Å². The second-order valence-electron chi connectivity index (χ2n) is 2.80. The first-order valence-electron chi connectivity index (χ1n) is 3.63. The molecule has 0 aromatic carbocycles. The summed E-state index contributed by atoms with van der Waals surface area (Å²) in [4.78, 5) is 1.59.